The molecule has 0 radical (unpaired) electrons. The van der Waals surface area contributed by atoms with Crippen molar-refractivity contribution in [2.24, 2.45) is 5.92 Å². The van der Waals surface area contributed by atoms with Crippen molar-refractivity contribution in [3.05, 3.63) is 18.1 Å². The number of rotatable bonds is 6. The Morgan fingerprint density at radius 2 is 2.00 bits per heavy atom. The van der Waals surface area contributed by atoms with Gasteiger partial charge in [-0.2, -0.15) is 11.8 Å². The summed E-state index contributed by atoms with van der Waals surface area (Å²) in [4.78, 5) is 8.10. The predicted molar refractivity (Wildman–Crippen MR) is 65.7 cm³/mol. The Morgan fingerprint density at radius 1 is 1.31 bits per heavy atom. The lowest BCUT2D eigenvalue weighted by Gasteiger charge is -2.12. The number of hydrogen-bond acceptors (Lipinski definition) is 5. The molecule has 1 N–H and O–H groups in total. The first-order valence-corrected chi connectivity index (χ1v) is 6.41. The van der Waals surface area contributed by atoms with Gasteiger partial charge < -0.3 is 9.84 Å². The van der Waals surface area contributed by atoms with Gasteiger partial charge in [0.1, 0.15) is 11.8 Å². The van der Waals surface area contributed by atoms with E-state index in [4.69, 9.17) is 4.74 Å². The third-order valence-electron chi connectivity index (χ3n) is 1.93. The van der Waals surface area contributed by atoms with Gasteiger partial charge in [-0.25, -0.2) is 4.98 Å². The summed E-state index contributed by atoms with van der Waals surface area (Å²) in [5, 5.41) is 9.94. The second-order valence-corrected chi connectivity index (χ2v) is 4.97. The fourth-order valence-electron chi connectivity index (χ4n) is 1.22. The topological polar surface area (TPSA) is 55.2 Å². The van der Waals surface area contributed by atoms with E-state index in [0.717, 1.165) is 5.75 Å². The van der Waals surface area contributed by atoms with Gasteiger partial charge >= 0.3 is 0 Å². The Hall–Kier alpha value is -0.810. The molecule has 90 valence electrons. The number of nitrogens with zero attached hydrogens (tertiary/aromatic N) is 2. The largest absolute Gasteiger partial charge is 0.480 e. The van der Waals surface area contributed by atoms with Crippen molar-refractivity contribution >= 4 is 11.8 Å². The van der Waals surface area contributed by atoms with E-state index in [1.165, 1.54) is 7.11 Å². The van der Waals surface area contributed by atoms with E-state index in [1.54, 1.807) is 24.2 Å². The summed E-state index contributed by atoms with van der Waals surface area (Å²) in [7, 11) is 1.53. The van der Waals surface area contributed by atoms with E-state index in [9.17, 15) is 5.11 Å². The smallest absolute Gasteiger partial charge is 0.238 e. The molecule has 0 aliphatic heterocycles. The van der Waals surface area contributed by atoms with Crippen LogP contribution in [0, 0.1) is 5.92 Å². The highest BCUT2D eigenvalue weighted by atomic mass is 32.2. The van der Waals surface area contributed by atoms with Crippen molar-refractivity contribution in [1.82, 2.24) is 9.97 Å². The minimum Gasteiger partial charge on any atom is -0.480 e. The lowest BCUT2D eigenvalue weighted by Crippen LogP contribution is -2.08. The van der Waals surface area contributed by atoms with Crippen LogP contribution >= 0.6 is 11.8 Å². The molecule has 5 heteroatoms. The van der Waals surface area contributed by atoms with Gasteiger partial charge in [0.05, 0.1) is 7.11 Å². The molecule has 0 amide bonds. The zero-order valence-electron chi connectivity index (χ0n) is 9.88. The Morgan fingerprint density at radius 3 is 2.62 bits per heavy atom. The van der Waals surface area contributed by atoms with Crippen LogP contribution in [-0.4, -0.2) is 33.7 Å². The number of aromatic nitrogens is 2. The molecule has 1 atom stereocenters. The van der Waals surface area contributed by atoms with Crippen LogP contribution in [0.15, 0.2) is 12.4 Å². The van der Waals surface area contributed by atoms with Gasteiger partial charge in [-0.3, -0.25) is 4.98 Å². The standard InChI is InChI=1S/C11H18N2O2S/c1-8(2)6-16-7-9(14)10-11(15-3)13-5-4-12-10/h4-5,8-9,14H,6-7H2,1-3H3. The van der Waals surface area contributed by atoms with Crippen LogP contribution in [0.5, 0.6) is 5.88 Å². The summed E-state index contributed by atoms with van der Waals surface area (Å²) in [6.07, 6.45) is 2.50. The molecule has 1 aromatic heterocycles. The van der Waals surface area contributed by atoms with Gasteiger partial charge in [0.15, 0.2) is 0 Å². The van der Waals surface area contributed by atoms with Crippen molar-refractivity contribution in [2.75, 3.05) is 18.6 Å². The summed E-state index contributed by atoms with van der Waals surface area (Å²) in [6.45, 7) is 4.31. The number of aliphatic hydroxyl groups excluding tert-OH is 1. The highest BCUT2D eigenvalue weighted by molar-refractivity contribution is 7.99. The van der Waals surface area contributed by atoms with Crippen LogP contribution in [0.2, 0.25) is 0 Å². The van der Waals surface area contributed by atoms with Crippen molar-refractivity contribution in [3.63, 3.8) is 0 Å². The summed E-state index contributed by atoms with van der Waals surface area (Å²) in [5.41, 5.74) is 0.515. The molecule has 0 saturated carbocycles. The normalized spacial score (nSPS) is 12.8. The van der Waals surface area contributed by atoms with Crippen LogP contribution in [0.1, 0.15) is 25.6 Å². The monoisotopic (exact) mass is 242 g/mol. The fourth-order valence-corrected chi connectivity index (χ4v) is 2.20. The first-order chi connectivity index (χ1) is 7.65. The van der Waals surface area contributed by atoms with E-state index in [0.29, 0.717) is 23.2 Å². The third kappa shape index (κ3) is 3.98. The zero-order chi connectivity index (χ0) is 12.0. The van der Waals surface area contributed by atoms with Crippen LogP contribution in [0.25, 0.3) is 0 Å². The van der Waals surface area contributed by atoms with Crippen molar-refractivity contribution in [2.45, 2.75) is 20.0 Å². The molecule has 1 aromatic rings. The maximum absolute atomic E-state index is 9.94. The maximum Gasteiger partial charge on any atom is 0.238 e. The summed E-state index contributed by atoms with van der Waals surface area (Å²) < 4.78 is 5.05. The highest BCUT2D eigenvalue weighted by Crippen LogP contribution is 2.23. The highest BCUT2D eigenvalue weighted by Gasteiger charge is 2.15. The SMILES string of the molecule is COc1nccnc1C(O)CSCC(C)C. The minimum absolute atomic E-state index is 0.403. The Kier molecular flexibility index (Phi) is 5.55. The lowest BCUT2D eigenvalue weighted by atomic mass is 10.3. The summed E-state index contributed by atoms with van der Waals surface area (Å²) in [6, 6.07) is 0. The lowest BCUT2D eigenvalue weighted by molar-refractivity contribution is 0.192. The van der Waals surface area contributed by atoms with Crippen LogP contribution in [0.3, 0.4) is 0 Å². The number of thioether (sulfide) groups is 1. The van der Waals surface area contributed by atoms with Crippen LogP contribution in [-0.2, 0) is 0 Å². The van der Waals surface area contributed by atoms with Crippen molar-refractivity contribution in [3.8, 4) is 5.88 Å². The van der Waals surface area contributed by atoms with Gasteiger partial charge in [-0.05, 0) is 11.7 Å². The van der Waals surface area contributed by atoms with E-state index >= 15 is 0 Å². The van der Waals surface area contributed by atoms with Crippen molar-refractivity contribution < 1.29 is 9.84 Å². The molecular weight excluding hydrogens is 224 g/mol. The molecule has 0 bridgehead atoms. The number of hydrogen-bond donors (Lipinski definition) is 1. The fraction of sp³-hybridized carbons (Fsp3) is 0.636. The van der Waals surface area contributed by atoms with Gasteiger partial charge in [-0.1, -0.05) is 13.8 Å². The molecule has 0 fully saturated rings. The Balaban J connectivity index is 2.55. The average molecular weight is 242 g/mol. The first-order valence-electron chi connectivity index (χ1n) is 5.25. The van der Waals surface area contributed by atoms with Gasteiger partial charge in [-0.15, -0.1) is 0 Å². The molecule has 1 rings (SSSR count). The van der Waals surface area contributed by atoms with Gasteiger partial charge in [0.25, 0.3) is 0 Å². The Bertz CT molecular complexity index is 321. The maximum atomic E-state index is 9.94. The van der Waals surface area contributed by atoms with E-state index in [2.05, 4.69) is 23.8 Å². The summed E-state index contributed by atoms with van der Waals surface area (Å²) in [5.74, 6) is 2.67. The average Bonchev–Trinajstić information content (AvgIpc) is 2.28. The van der Waals surface area contributed by atoms with E-state index in [1.807, 2.05) is 0 Å². The molecule has 0 aliphatic carbocycles. The van der Waals surface area contributed by atoms with Crippen LogP contribution < -0.4 is 4.74 Å². The van der Waals surface area contributed by atoms with Crippen LogP contribution in [0.4, 0.5) is 0 Å². The van der Waals surface area contributed by atoms with Crippen molar-refractivity contribution in [1.29, 1.82) is 0 Å². The molecule has 4 nitrogen and oxygen atoms in total. The van der Waals surface area contributed by atoms with E-state index in [-0.39, 0.29) is 0 Å². The molecule has 0 aliphatic rings. The predicted octanol–water partition coefficient (Wildman–Crippen LogP) is 1.91. The molecule has 16 heavy (non-hydrogen) atoms. The second-order valence-electron chi connectivity index (χ2n) is 3.90. The molecule has 0 aromatic carbocycles. The Labute approximate surface area is 100 Å². The van der Waals surface area contributed by atoms with Gasteiger partial charge in [0.2, 0.25) is 5.88 Å². The summed E-state index contributed by atoms with van der Waals surface area (Å²) >= 11 is 1.71. The molecule has 1 heterocycles. The quantitative estimate of drug-likeness (QED) is 0.825. The first kappa shape index (κ1) is 13.3. The molecular formula is C11H18N2O2S. The molecule has 0 saturated heterocycles. The number of ether oxygens (including phenoxy) is 1. The second kappa shape index (κ2) is 6.70. The third-order valence-corrected chi connectivity index (χ3v) is 3.38. The minimum atomic E-state index is -0.618. The molecule has 0 spiro atoms. The molecule has 1 unspecified atom stereocenters. The van der Waals surface area contributed by atoms with Gasteiger partial charge in [0, 0.05) is 18.1 Å². The number of aliphatic hydroxyl groups is 1. The zero-order valence-corrected chi connectivity index (χ0v) is 10.7. The van der Waals surface area contributed by atoms with E-state index < -0.39 is 6.10 Å². The number of methoxy groups -OCH3 is 1.